The molecule has 2 aromatic rings. The van der Waals surface area contributed by atoms with E-state index in [-0.39, 0.29) is 19.0 Å². The van der Waals surface area contributed by atoms with Crippen LogP contribution in [0.3, 0.4) is 0 Å². The highest BCUT2D eigenvalue weighted by molar-refractivity contribution is 6.35. The van der Waals surface area contributed by atoms with Crippen LogP contribution in [0.5, 0.6) is 5.75 Å². The minimum absolute atomic E-state index is 0.0211. The van der Waals surface area contributed by atoms with Crippen LogP contribution in [0.4, 0.5) is 19.1 Å². The molecule has 0 saturated carbocycles. The van der Waals surface area contributed by atoms with Gasteiger partial charge in [-0.25, -0.2) is 0 Å². The number of nitrogens with zero attached hydrogens (tertiary/aromatic N) is 2. The van der Waals surface area contributed by atoms with Crippen LogP contribution in [0.2, 0.25) is 10.0 Å². The van der Waals surface area contributed by atoms with E-state index in [0.717, 1.165) is 0 Å². The number of benzene rings is 1. The molecule has 24 heavy (non-hydrogen) atoms. The number of nitrogens with one attached hydrogen (secondary N) is 2. The van der Waals surface area contributed by atoms with Crippen molar-refractivity contribution in [1.82, 2.24) is 15.2 Å². The highest BCUT2D eigenvalue weighted by Gasteiger charge is 2.35. The molecule has 0 atom stereocenters. The number of halogens is 5. The average molecular weight is 383 g/mol. The number of aromatic nitrogens is 3. The van der Waals surface area contributed by atoms with Gasteiger partial charge in [-0.2, -0.15) is 13.2 Å². The zero-order valence-electron chi connectivity index (χ0n) is 12.0. The van der Waals surface area contributed by atoms with E-state index in [1.54, 1.807) is 12.1 Å². The Bertz CT molecular complexity index is 721. The topological polar surface area (TPSA) is 79.9 Å². The molecule has 0 aliphatic heterocycles. The molecule has 130 valence electrons. The fourth-order valence-electron chi connectivity index (χ4n) is 1.65. The standard InChI is InChI=1S/C13H11Cl2F3N4O2/c14-7-3-4-9(8(15)6-7)24-5-1-2-10(23)19-12-20-11(21-22-12)13(16,17)18/h3-4,6H,1-2,5H2,(H2,19,20,21,22,23). The first-order chi connectivity index (χ1) is 11.3. The number of H-pyrrole nitrogens is 1. The average Bonchev–Trinajstić information content (AvgIpc) is 2.94. The Morgan fingerprint density at radius 3 is 2.67 bits per heavy atom. The van der Waals surface area contributed by atoms with Gasteiger partial charge in [-0.05, 0) is 24.6 Å². The van der Waals surface area contributed by atoms with Gasteiger partial charge in [-0.15, -0.1) is 10.2 Å². The fraction of sp³-hybridized carbons (Fsp3) is 0.308. The Kier molecular flexibility index (Phi) is 5.89. The van der Waals surface area contributed by atoms with Crippen LogP contribution >= 0.6 is 23.2 Å². The quantitative estimate of drug-likeness (QED) is 0.741. The number of amides is 1. The molecule has 0 saturated heterocycles. The molecule has 0 bridgehead atoms. The molecule has 0 spiro atoms. The monoisotopic (exact) mass is 382 g/mol. The van der Waals surface area contributed by atoms with Gasteiger partial charge in [-0.3, -0.25) is 10.1 Å². The lowest BCUT2D eigenvalue weighted by Crippen LogP contribution is -2.14. The number of alkyl halides is 3. The van der Waals surface area contributed by atoms with Gasteiger partial charge in [0.15, 0.2) is 0 Å². The van der Waals surface area contributed by atoms with E-state index in [1.165, 1.54) is 6.07 Å². The van der Waals surface area contributed by atoms with Gasteiger partial charge in [0.25, 0.3) is 0 Å². The van der Waals surface area contributed by atoms with Crippen molar-refractivity contribution < 1.29 is 22.7 Å². The van der Waals surface area contributed by atoms with Gasteiger partial charge in [0, 0.05) is 11.4 Å². The van der Waals surface area contributed by atoms with Crippen molar-refractivity contribution in [3.63, 3.8) is 0 Å². The molecule has 0 fully saturated rings. The maximum atomic E-state index is 12.3. The normalized spacial score (nSPS) is 11.4. The second-order valence-electron chi connectivity index (χ2n) is 4.59. The number of aromatic amines is 1. The highest BCUT2D eigenvalue weighted by atomic mass is 35.5. The number of carbonyl (C=O) groups is 1. The lowest BCUT2D eigenvalue weighted by Gasteiger charge is -2.08. The predicted molar refractivity (Wildman–Crippen MR) is 81.2 cm³/mol. The molecular weight excluding hydrogens is 372 g/mol. The molecular formula is C13H11Cl2F3N4O2. The van der Waals surface area contributed by atoms with Gasteiger partial charge in [0.05, 0.1) is 11.6 Å². The summed E-state index contributed by atoms with van der Waals surface area (Å²) in [5, 5.41) is 9.09. The van der Waals surface area contributed by atoms with Gasteiger partial charge >= 0.3 is 6.18 Å². The van der Waals surface area contributed by atoms with Gasteiger partial charge < -0.3 is 9.72 Å². The van der Waals surface area contributed by atoms with E-state index < -0.39 is 17.9 Å². The predicted octanol–water partition coefficient (Wildman–Crippen LogP) is 3.93. The third-order valence-electron chi connectivity index (χ3n) is 2.71. The van der Waals surface area contributed by atoms with E-state index in [9.17, 15) is 18.0 Å². The first-order valence-corrected chi connectivity index (χ1v) is 7.39. The van der Waals surface area contributed by atoms with Crippen molar-refractivity contribution in [2.24, 2.45) is 0 Å². The number of hydrogen-bond donors (Lipinski definition) is 2. The van der Waals surface area contributed by atoms with Crippen molar-refractivity contribution in [3.05, 3.63) is 34.1 Å². The molecule has 1 aromatic carbocycles. The number of rotatable bonds is 6. The van der Waals surface area contributed by atoms with Gasteiger partial charge in [-0.1, -0.05) is 23.2 Å². The van der Waals surface area contributed by atoms with Crippen molar-refractivity contribution >= 4 is 35.1 Å². The summed E-state index contributed by atoms with van der Waals surface area (Å²) in [5.41, 5.74) is 0. The summed E-state index contributed by atoms with van der Waals surface area (Å²) in [7, 11) is 0. The van der Waals surface area contributed by atoms with Crippen molar-refractivity contribution in [2.75, 3.05) is 11.9 Å². The Hall–Kier alpha value is -2.00. The Labute approximate surface area is 144 Å². The minimum atomic E-state index is -4.65. The van der Waals surface area contributed by atoms with E-state index >= 15 is 0 Å². The second-order valence-corrected chi connectivity index (χ2v) is 5.44. The summed E-state index contributed by atoms with van der Waals surface area (Å²) < 4.78 is 42.4. The summed E-state index contributed by atoms with van der Waals surface area (Å²) >= 11 is 11.7. The molecule has 0 unspecified atom stereocenters. The lowest BCUT2D eigenvalue weighted by molar-refractivity contribution is -0.144. The zero-order valence-corrected chi connectivity index (χ0v) is 13.5. The molecule has 2 N–H and O–H groups in total. The molecule has 0 radical (unpaired) electrons. The SMILES string of the molecule is O=C(CCCOc1ccc(Cl)cc1Cl)Nc1nnc(C(F)(F)F)[nH]1. The largest absolute Gasteiger partial charge is 0.492 e. The zero-order chi connectivity index (χ0) is 17.7. The molecule has 1 heterocycles. The van der Waals surface area contributed by atoms with Crippen LogP contribution in [0.15, 0.2) is 18.2 Å². The molecule has 0 aliphatic carbocycles. The summed E-state index contributed by atoms with van der Waals surface area (Å²) in [6.45, 7) is 0.193. The van der Waals surface area contributed by atoms with Crippen LogP contribution < -0.4 is 10.1 Å². The van der Waals surface area contributed by atoms with Crippen LogP contribution in [-0.4, -0.2) is 27.7 Å². The highest BCUT2D eigenvalue weighted by Crippen LogP contribution is 2.28. The maximum absolute atomic E-state index is 12.3. The molecule has 2 rings (SSSR count). The first kappa shape index (κ1) is 18.3. The minimum Gasteiger partial charge on any atom is -0.492 e. The van der Waals surface area contributed by atoms with Gasteiger partial charge in [0.1, 0.15) is 5.75 Å². The van der Waals surface area contributed by atoms with Crippen LogP contribution in [0.1, 0.15) is 18.7 Å². The van der Waals surface area contributed by atoms with Crippen molar-refractivity contribution in [2.45, 2.75) is 19.0 Å². The summed E-state index contributed by atoms with van der Waals surface area (Å²) in [6, 6.07) is 4.73. The van der Waals surface area contributed by atoms with E-state index in [1.807, 2.05) is 4.98 Å². The lowest BCUT2D eigenvalue weighted by atomic mass is 10.3. The summed E-state index contributed by atoms with van der Waals surface area (Å²) in [5.74, 6) is -1.75. The fourth-order valence-corrected chi connectivity index (χ4v) is 2.11. The smallest absolute Gasteiger partial charge is 0.451 e. The van der Waals surface area contributed by atoms with Crippen LogP contribution in [0, 0.1) is 0 Å². The third kappa shape index (κ3) is 5.27. The number of carbonyl (C=O) groups excluding carboxylic acids is 1. The van der Waals surface area contributed by atoms with Crippen molar-refractivity contribution in [3.8, 4) is 5.75 Å². The molecule has 1 amide bonds. The number of hydrogen-bond acceptors (Lipinski definition) is 4. The van der Waals surface area contributed by atoms with Gasteiger partial charge in [0.2, 0.25) is 17.7 Å². The van der Waals surface area contributed by atoms with E-state index in [2.05, 4.69) is 15.5 Å². The number of ether oxygens (including phenoxy) is 1. The Morgan fingerprint density at radius 2 is 2.04 bits per heavy atom. The third-order valence-corrected chi connectivity index (χ3v) is 3.24. The maximum Gasteiger partial charge on any atom is 0.451 e. The molecule has 1 aromatic heterocycles. The molecule has 0 aliphatic rings. The Morgan fingerprint density at radius 1 is 1.29 bits per heavy atom. The molecule has 6 nitrogen and oxygen atoms in total. The van der Waals surface area contributed by atoms with E-state index in [4.69, 9.17) is 27.9 Å². The van der Waals surface area contributed by atoms with Crippen LogP contribution in [-0.2, 0) is 11.0 Å². The Balaban J connectivity index is 1.74. The summed E-state index contributed by atoms with van der Waals surface area (Å²) in [6.07, 6.45) is -4.31. The van der Waals surface area contributed by atoms with Crippen molar-refractivity contribution in [1.29, 1.82) is 0 Å². The molecule has 11 heteroatoms. The number of anilines is 1. The second kappa shape index (κ2) is 7.71. The first-order valence-electron chi connectivity index (χ1n) is 6.63. The summed E-state index contributed by atoms with van der Waals surface area (Å²) in [4.78, 5) is 13.5. The van der Waals surface area contributed by atoms with Crippen LogP contribution in [0.25, 0.3) is 0 Å². The van der Waals surface area contributed by atoms with E-state index in [0.29, 0.717) is 22.2 Å².